The third-order valence-corrected chi connectivity index (χ3v) is 4.05. The highest BCUT2D eigenvalue weighted by atomic mass is 32.1. The van der Waals surface area contributed by atoms with E-state index in [1.54, 1.807) is 11.3 Å². The Labute approximate surface area is 128 Å². The second-order valence-corrected chi connectivity index (χ2v) is 5.73. The van der Waals surface area contributed by atoms with E-state index in [9.17, 15) is 0 Å². The smallest absolute Gasteiger partial charge is 0.107 e. The predicted octanol–water partition coefficient (Wildman–Crippen LogP) is 3.19. The molecule has 0 amide bonds. The largest absolute Gasteiger partial charge is 0.310 e. The Morgan fingerprint density at radius 2 is 2.05 bits per heavy atom. The van der Waals surface area contributed by atoms with E-state index in [-0.39, 0.29) is 0 Å². The quantitative estimate of drug-likeness (QED) is 0.681. The minimum absolute atomic E-state index is 0.830. The van der Waals surface area contributed by atoms with Crippen LogP contribution in [0.5, 0.6) is 0 Å². The van der Waals surface area contributed by atoms with Crippen LogP contribution in [0.15, 0.2) is 54.2 Å². The fraction of sp³-hybridized carbons (Fsp3) is 0.250. The molecule has 0 saturated heterocycles. The minimum Gasteiger partial charge on any atom is -0.310 e. The highest BCUT2D eigenvalue weighted by Gasteiger charge is 2.03. The van der Waals surface area contributed by atoms with Crippen molar-refractivity contribution < 1.29 is 0 Å². The van der Waals surface area contributed by atoms with Crippen molar-refractivity contribution in [2.24, 2.45) is 0 Å². The maximum absolute atomic E-state index is 4.67. The minimum atomic E-state index is 0.830. The van der Waals surface area contributed by atoms with Gasteiger partial charge in [-0.3, -0.25) is 4.68 Å². The van der Waals surface area contributed by atoms with Crippen molar-refractivity contribution in [1.29, 1.82) is 0 Å². The summed E-state index contributed by atoms with van der Waals surface area (Å²) in [7, 11) is 0. The van der Waals surface area contributed by atoms with Gasteiger partial charge in [0, 0.05) is 36.4 Å². The molecule has 2 aromatic heterocycles. The average molecular weight is 298 g/mol. The SMILES string of the molecule is c1ccc(-c2csc(CNCCCn3cccn3)n2)cc1. The summed E-state index contributed by atoms with van der Waals surface area (Å²) in [6.45, 7) is 2.75. The van der Waals surface area contributed by atoms with E-state index in [1.807, 2.05) is 41.3 Å². The molecule has 0 spiro atoms. The molecule has 3 aromatic rings. The number of thiazole rings is 1. The number of hydrogen-bond donors (Lipinski definition) is 1. The molecule has 1 aromatic carbocycles. The van der Waals surface area contributed by atoms with Crippen LogP contribution in [-0.2, 0) is 13.1 Å². The monoisotopic (exact) mass is 298 g/mol. The molecular formula is C16H18N4S. The van der Waals surface area contributed by atoms with Crippen LogP contribution in [0.1, 0.15) is 11.4 Å². The molecular weight excluding hydrogens is 280 g/mol. The summed E-state index contributed by atoms with van der Waals surface area (Å²) in [5, 5.41) is 10.9. The molecule has 0 bridgehead atoms. The van der Waals surface area contributed by atoms with Crippen molar-refractivity contribution in [2.45, 2.75) is 19.5 Å². The highest BCUT2D eigenvalue weighted by Crippen LogP contribution is 2.21. The third-order valence-electron chi connectivity index (χ3n) is 3.20. The van der Waals surface area contributed by atoms with E-state index in [0.717, 1.165) is 36.8 Å². The summed E-state index contributed by atoms with van der Waals surface area (Å²) in [4.78, 5) is 4.67. The molecule has 0 saturated carbocycles. The van der Waals surface area contributed by atoms with Crippen LogP contribution in [0.3, 0.4) is 0 Å². The van der Waals surface area contributed by atoms with Gasteiger partial charge in [-0.2, -0.15) is 5.10 Å². The first-order valence-electron chi connectivity index (χ1n) is 7.10. The Morgan fingerprint density at radius 1 is 1.14 bits per heavy atom. The van der Waals surface area contributed by atoms with E-state index in [0.29, 0.717) is 0 Å². The Kier molecular flexibility index (Phi) is 4.76. The van der Waals surface area contributed by atoms with Crippen LogP contribution in [0.2, 0.25) is 0 Å². The first-order valence-corrected chi connectivity index (χ1v) is 7.98. The normalized spacial score (nSPS) is 10.9. The molecule has 108 valence electrons. The van der Waals surface area contributed by atoms with Gasteiger partial charge in [0.25, 0.3) is 0 Å². The van der Waals surface area contributed by atoms with E-state index >= 15 is 0 Å². The summed E-state index contributed by atoms with van der Waals surface area (Å²) < 4.78 is 1.96. The first kappa shape index (κ1) is 14.0. The van der Waals surface area contributed by atoms with Gasteiger partial charge in [0.05, 0.1) is 5.69 Å². The Balaban J connectivity index is 1.43. The summed E-state index contributed by atoms with van der Waals surface area (Å²) >= 11 is 1.71. The lowest BCUT2D eigenvalue weighted by atomic mass is 10.2. The molecule has 0 atom stereocenters. The Hall–Kier alpha value is -1.98. The van der Waals surface area contributed by atoms with Crippen LogP contribution in [0.4, 0.5) is 0 Å². The van der Waals surface area contributed by atoms with Crippen molar-refractivity contribution in [2.75, 3.05) is 6.54 Å². The lowest BCUT2D eigenvalue weighted by Gasteiger charge is -2.03. The fourth-order valence-corrected chi connectivity index (χ4v) is 2.90. The molecule has 0 fully saturated rings. The second kappa shape index (κ2) is 7.15. The molecule has 4 nitrogen and oxygen atoms in total. The predicted molar refractivity (Wildman–Crippen MR) is 86.1 cm³/mol. The fourth-order valence-electron chi connectivity index (χ4n) is 2.13. The van der Waals surface area contributed by atoms with Crippen LogP contribution < -0.4 is 5.32 Å². The average Bonchev–Trinajstić information content (AvgIpc) is 3.19. The molecule has 0 aliphatic rings. The van der Waals surface area contributed by atoms with Crippen LogP contribution >= 0.6 is 11.3 Å². The van der Waals surface area contributed by atoms with Crippen molar-refractivity contribution >= 4 is 11.3 Å². The summed E-state index contributed by atoms with van der Waals surface area (Å²) in [5.41, 5.74) is 2.24. The summed E-state index contributed by atoms with van der Waals surface area (Å²) in [6, 6.07) is 12.3. The number of hydrogen-bond acceptors (Lipinski definition) is 4. The molecule has 0 unspecified atom stereocenters. The van der Waals surface area contributed by atoms with Crippen LogP contribution in [0, 0.1) is 0 Å². The number of nitrogens with one attached hydrogen (secondary N) is 1. The lowest BCUT2D eigenvalue weighted by molar-refractivity contribution is 0.543. The van der Waals surface area contributed by atoms with Gasteiger partial charge < -0.3 is 5.32 Å². The second-order valence-electron chi connectivity index (χ2n) is 4.79. The zero-order valence-electron chi connectivity index (χ0n) is 11.8. The standard InChI is InChI=1S/C16H18N4S/c1-2-6-14(7-3-1)15-13-21-16(19-15)12-17-8-4-10-20-11-5-9-18-20/h1-3,5-7,9,11,13,17H,4,8,10,12H2. The maximum atomic E-state index is 4.67. The van der Waals surface area contributed by atoms with Crippen molar-refractivity contribution in [3.05, 3.63) is 59.2 Å². The molecule has 2 heterocycles. The Bertz CT molecular complexity index is 646. The maximum Gasteiger partial charge on any atom is 0.107 e. The number of aryl methyl sites for hydroxylation is 1. The van der Waals surface area contributed by atoms with Gasteiger partial charge in [0.1, 0.15) is 5.01 Å². The molecule has 21 heavy (non-hydrogen) atoms. The van der Waals surface area contributed by atoms with Gasteiger partial charge in [-0.15, -0.1) is 11.3 Å². The van der Waals surface area contributed by atoms with Gasteiger partial charge in [0.2, 0.25) is 0 Å². The van der Waals surface area contributed by atoms with Gasteiger partial charge in [-0.25, -0.2) is 4.98 Å². The van der Waals surface area contributed by atoms with Crippen LogP contribution in [0.25, 0.3) is 11.3 Å². The zero-order valence-corrected chi connectivity index (χ0v) is 12.6. The topological polar surface area (TPSA) is 42.7 Å². The van der Waals surface area contributed by atoms with Crippen molar-refractivity contribution in [3.63, 3.8) is 0 Å². The van der Waals surface area contributed by atoms with E-state index < -0.39 is 0 Å². The van der Waals surface area contributed by atoms with Gasteiger partial charge in [0.15, 0.2) is 0 Å². The molecule has 5 heteroatoms. The third kappa shape index (κ3) is 4.00. The van der Waals surface area contributed by atoms with E-state index in [4.69, 9.17) is 0 Å². The first-order chi connectivity index (χ1) is 10.4. The summed E-state index contributed by atoms with van der Waals surface area (Å²) in [6.07, 6.45) is 4.87. The molecule has 0 radical (unpaired) electrons. The van der Waals surface area contributed by atoms with Gasteiger partial charge >= 0.3 is 0 Å². The van der Waals surface area contributed by atoms with Crippen LogP contribution in [-0.4, -0.2) is 21.3 Å². The lowest BCUT2D eigenvalue weighted by Crippen LogP contribution is -2.16. The Morgan fingerprint density at radius 3 is 2.86 bits per heavy atom. The number of nitrogens with zero attached hydrogens (tertiary/aromatic N) is 3. The highest BCUT2D eigenvalue weighted by molar-refractivity contribution is 7.09. The number of benzene rings is 1. The molecule has 0 aliphatic heterocycles. The van der Waals surface area contributed by atoms with Gasteiger partial charge in [-0.05, 0) is 19.0 Å². The van der Waals surface area contributed by atoms with E-state index in [1.165, 1.54) is 5.56 Å². The number of aromatic nitrogens is 3. The van der Waals surface area contributed by atoms with E-state index in [2.05, 4.69) is 32.9 Å². The molecule has 3 rings (SSSR count). The summed E-state index contributed by atoms with van der Waals surface area (Å²) in [5.74, 6) is 0. The van der Waals surface area contributed by atoms with Crippen molar-refractivity contribution in [1.82, 2.24) is 20.1 Å². The zero-order chi connectivity index (χ0) is 14.3. The molecule has 1 N–H and O–H groups in total. The van der Waals surface area contributed by atoms with Crippen molar-refractivity contribution in [3.8, 4) is 11.3 Å². The van der Waals surface area contributed by atoms with Gasteiger partial charge in [-0.1, -0.05) is 30.3 Å². The molecule has 0 aliphatic carbocycles. The number of rotatable bonds is 7.